The molecule has 2 N–H and O–H groups in total. The number of hydrogen-bond donors (Lipinski definition) is 1. The maximum atomic E-state index is 12.8. The van der Waals surface area contributed by atoms with Crippen molar-refractivity contribution in [2.24, 2.45) is 5.73 Å². The molecule has 1 amide bonds. The summed E-state index contributed by atoms with van der Waals surface area (Å²) in [5.41, 5.74) is 7.19. The largest absolute Gasteiger partial charge is 0.497 e. The van der Waals surface area contributed by atoms with Gasteiger partial charge in [-0.05, 0) is 37.1 Å². The van der Waals surface area contributed by atoms with E-state index in [1.165, 1.54) is 11.3 Å². The van der Waals surface area contributed by atoms with Gasteiger partial charge in [-0.3, -0.25) is 4.79 Å². The molecule has 0 spiro atoms. The molecule has 1 saturated carbocycles. The zero-order valence-corrected chi connectivity index (χ0v) is 15.2. The van der Waals surface area contributed by atoms with Crippen LogP contribution < -0.4 is 10.5 Å². The van der Waals surface area contributed by atoms with Gasteiger partial charge in [-0.2, -0.15) is 0 Å². The predicted molar refractivity (Wildman–Crippen MR) is 98.0 cm³/mol. The van der Waals surface area contributed by atoms with Gasteiger partial charge in [-0.15, -0.1) is 23.7 Å². The first-order valence-corrected chi connectivity index (χ1v) is 8.67. The van der Waals surface area contributed by atoms with Gasteiger partial charge < -0.3 is 15.4 Å². The number of halogens is 1. The van der Waals surface area contributed by atoms with E-state index in [0.29, 0.717) is 24.8 Å². The van der Waals surface area contributed by atoms with Gasteiger partial charge in [0.1, 0.15) is 11.4 Å². The summed E-state index contributed by atoms with van der Waals surface area (Å²) in [6, 6.07) is 8.19. The number of nitrogens with zero attached hydrogens (tertiary/aromatic N) is 2. The van der Waals surface area contributed by atoms with Crippen LogP contribution in [0.3, 0.4) is 0 Å². The second-order valence-corrected chi connectivity index (χ2v) is 6.62. The monoisotopic (exact) mass is 367 g/mol. The highest BCUT2D eigenvalue weighted by Gasteiger charge is 2.34. The summed E-state index contributed by atoms with van der Waals surface area (Å²) in [6.07, 6.45) is 2.86. The molecule has 0 unspecified atom stereocenters. The molecule has 0 bridgehead atoms. The Hall–Kier alpha value is -1.63. The first-order chi connectivity index (χ1) is 11.2. The smallest absolute Gasteiger partial charge is 0.273 e. The summed E-state index contributed by atoms with van der Waals surface area (Å²) in [6.45, 7) is 1.16. The molecule has 1 fully saturated rings. The Morgan fingerprint density at radius 1 is 1.38 bits per heavy atom. The number of benzene rings is 1. The predicted octanol–water partition coefficient (Wildman–Crippen LogP) is 2.88. The van der Waals surface area contributed by atoms with Crippen molar-refractivity contribution in [3.63, 3.8) is 0 Å². The number of nitrogens with two attached hydrogens (primary N) is 1. The van der Waals surface area contributed by atoms with E-state index in [-0.39, 0.29) is 18.3 Å². The topological polar surface area (TPSA) is 68.5 Å². The highest BCUT2D eigenvalue weighted by Crippen LogP contribution is 2.30. The maximum absolute atomic E-state index is 12.8. The molecule has 130 valence electrons. The number of hydrogen-bond acceptors (Lipinski definition) is 5. The molecular weight excluding hydrogens is 346 g/mol. The van der Waals surface area contributed by atoms with Crippen molar-refractivity contribution >= 4 is 29.7 Å². The van der Waals surface area contributed by atoms with Crippen molar-refractivity contribution in [1.82, 2.24) is 9.88 Å². The molecule has 3 rings (SSSR count). The highest BCUT2D eigenvalue weighted by atomic mass is 35.5. The maximum Gasteiger partial charge on any atom is 0.273 e. The summed E-state index contributed by atoms with van der Waals surface area (Å²) < 4.78 is 5.18. The van der Waals surface area contributed by atoms with Crippen LogP contribution in [0.4, 0.5) is 0 Å². The number of aromatic nitrogens is 1. The van der Waals surface area contributed by atoms with E-state index in [9.17, 15) is 4.79 Å². The zero-order valence-electron chi connectivity index (χ0n) is 13.6. The first kappa shape index (κ1) is 18.7. The van der Waals surface area contributed by atoms with Crippen LogP contribution >= 0.6 is 23.7 Å². The minimum Gasteiger partial charge on any atom is -0.497 e. The van der Waals surface area contributed by atoms with Crippen LogP contribution in [-0.2, 0) is 13.0 Å². The Morgan fingerprint density at radius 2 is 2.08 bits per heavy atom. The Kier molecular flexibility index (Phi) is 6.60. The van der Waals surface area contributed by atoms with Crippen molar-refractivity contribution in [2.45, 2.75) is 31.8 Å². The van der Waals surface area contributed by atoms with Crippen LogP contribution in [0.5, 0.6) is 5.75 Å². The number of thiazole rings is 1. The molecule has 2 aromatic rings. The van der Waals surface area contributed by atoms with E-state index >= 15 is 0 Å². The van der Waals surface area contributed by atoms with Gasteiger partial charge in [0.05, 0.1) is 12.1 Å². The third-order valence-electron chi connectivity index (χ3n) is 3.89. The first-order valence-electron chi connectivity index (χ1n) is 7.79. The summed E-state index contributed by atoms with van der Waals surface area (Å²) in [7, 11) is 1.65. The van der Waals surface area contributed by atoms with Crippen LogP contribution in [0, 0.1) is 0 Å². The normalized spacial score (nSPS) is 13.2. The van der Waals surface area contributed by atoms with Crippen molar-refractivity contribution in [2.75, 3.05) is 13.7 Å². The average molecular weight is 368 g/mol. The third-order valence-corrected chi connectivity index (χ3v) is 4.80. The number of methoxy groups -OCH3 is 1. The Morgan fingerprint density at radius 3 is 2.67 bits per heavy atom. The molecule has 0 radical (unpaired) electrons. The average Bonchev–Trinajstić information content (AvgIpc) is 3.31. The van der Waals surface area contributed by atoms with Crippen LogP contribution in [-0.4, -0.2) is 35.5 Å². The van der Waals surface area contributed by atoms with Crippen LogP contribution in [0.15, 0.2) is 29.6 Å². The number of ether oxygens (including phenoxy) is 1. The van der Waals surface area contributed by atoms with Crippen LogP contribution in [0.1, 0.15) is 33.9 Å². The molecule has 1 aromatic heterocycles. The lowest BCUT2D eigenvalue weighted by molar-refractivity contribution is 0.0724. The summed E-state index contributed by atoms with van der Waals surface area (Å²) >= 11 is 1.51. The molecular formula is C17H22ClN3O2S. The van der Waals surface area contributed by atoms with E-state index in [2.05, 4.69) is 4.98 Å². The lowest BCUT2D eigenvalue weighted by Gasteiger charge is -2.21. The second kappa shape index (κ2) is 8.46. The van der Waals surface area contributed by atoms with Gasteiger partial charge in [0, 0.05) is 24.4 Å². The lowest BCUT2D eigenvalue weighted by Crippen LogP contribution is -2.32. The molecule has 1 aliphatic rings. The van der Waals surface area contributed by atoms with Gasteiger partial charge in [0.2, 0.25) is 0 Å². The van der Waals surface area contributed by atoms with Crippen molar-refractivity contribution < 1.29 is 9.53 Å². The minimum atomic E-state index is 0. The molecule has 0 atom stereocenters. The Bertz CT molecular complexity index is 671. The second-order valence-electron chi connectivity index (χ2n) is 5.68. The van der Waals surface area contributed by atoms with Crippen LogP contribution in [0.2, 0.25) is 0 Å². The van der Waals surface area contributed by atoms with Gasteiger partial charge in [0.25, 0.3) is 5.91 Å². The fraction of sp³-hybridized carbons (Fsp3) is 0.412. The van der Waals surface area contributed by atoms with E-state index in [4.69, 9.17) is 10.5 Å². The van der Waals surface area contributed by atoms with Gasteiger partial charge >= 0.3 is 0 Å². The molecule has 1 aliphatic carbocycles. The molecule has 1 heterocycles. The Balaban J connectivity index is 0.00000208. The van der Waals surface area contributed by atoms with Crippen LogP contribution in [0.25, 0.3) is 0 Å². The minimum absolute atomic E-state index is 0. The van der Waals surface area contributed by atoms with Crippen molar-refractivity contribution in [3.05, 3.63) is 45.9 Å². The SMILES string of the molecule is COc1ccc(CN(C(=O)c2csc(CCN)n2)C2CC2)cc1.Cl. The van der Waals surface area contributed by atoms with E-state index < -0.39 is 0 Å². The third kappa shape index (κ3) is 4.47. The lowest BCUT2D eigenvalue weighted by atomic mass is 10.2. The van der Waals surface area contributed by atoms with E-state index in [0.717, 1.165) is 35.6 Å². The number of amides is 1. The van der Waals surface area contributed by atoms with Gasteiger partial charge in [-0.1, -0.05) is 12.1 Å². The number of rotatable bonds is 7. The number of carbonyl (C=O) groups excluding carboxylic acids is 1. The van der Waals surface area contributed by atoms with Crippen molar-refractivity contribution in [1.29, 1.82) is 0 Å². The summed E-state index contributed by atoms with van der Waals surface area (Å²) in [4.78, 5) is 19.1. The molecule has 0 saturated heterocycles. The molecule has 7 heteroatoms. The molecule has 5 nitrogen and oxygen atoms in total. The quantitative estimate of drug-likeness (QED) is 0.817. The molecule has 0 aliphatic heterocycles. The molecule has 24 heavy (non-hydrogen) atoms. The fourth-order valence-electron chi connectivity index (χ4n) is 2.48. The summed E-state index contributed by atoms with van der Waals surface area (Å²) in [5, 5.41) is 2.77. The standard InChI is InChI=1S/C17H21N3O2S.ClH/c1-22-14-6-2-12(3-7-14)10-20(13-4-5-13)17(21)15-11-23-16(19-15)8-9-18;/h2-3,6-7,11,13H,4-5,8-10,18H2,1H3;1H. The van der Waals surface area contributed by atoms with Crippen molar-refractivity contribution in [3.8, 4) is 5.75 Å². The number of carbonyl (C=O) groups is 1. The fourth-order valence-corrected chi connectivity index (χ4v) is 3.26. The highest BCUT2D eigenvalue weighted by molar-refractivity contribution is 7.09. The summed E-state index contributed by atoms with van der Waals surface area (Å²) in [5.74, 6) is 0.840. The van der Waals surface area contributed by atoms with Gasteiger partial charge in [0.15, 0.2) is 0 Å². The van der Waals surface area contributed by atoms with E-state index in [1.807, 2.05) is 34.5 Å². The Labute approximate surface area is 152 Å². The van der Waals surface area contributed by atoms with Gasteiger partial charge in [-0.25, -0.2) is 4.98 Å². The molecule has 1 aromatic carbocycles. The van der Waals surface area contributed by atoms with E-state index in [1.54, 1.807) is 7.11 Å². The zero-order chi connectivity index (χ0) is 16.2.